The van der Waals surface area contributed by atoms with Crippen LogP contribution in [-0.2, 0) is 31.1 Å². The highest BCUT2D eigenvalue weighted by Gasteiger charge is 2.19. The predicted octanol–water partition coefficient (Wildman–Crippen LogP) is 7.76. The second-order valence-corrected chi connectivity index (χ2v) is 9.99. The molecule has 1 aliphatic carbocycles. The van der Waals surface area contributed by atoms with Crippen molar-refractivity contribution in [2.45, 2.75) is 51.9 Å². The first kappa shape index (κ1) is 20.2. The van der Waals surface area contributed by atoms with Gasteiger partial charge in [-0.2, -0.15) is 0 Å². The Kier molecular flexibility index (Phi) is 5.79. The molecule has 0 saturated heterocycles. The molecule has 0 fully saturated rings. The Morgan fingerprint density at radius 1 is 0.759 bits per heavy atom. The zero-order valence-electron chi connectivity index (χ0n) is 17.6. The van der Waals surface area contributed by atoms with Gasteiger partial charge in [-0.05, 0) is 76.1 Å². The molecule has 0 aliphatic heterocycles. The van der Waals surface area contributed by atoms with Gasteiger partial charge >= 0.3 is 0 Å². The maximum Gasteiger partial charge on any atom is 0.0253 e. The minimum absolute atomic E-state index is 0.154. The van der Waals surface area contributed by atoms with Crippen LogP contribution in [0.5, 0.6) is 0 Å². The Balaban J connectivity index is 1.85. The van der Waals surface area contributed by atoms with Gasteiger partial charge in [0.2, 0.25) is 0 Å². The van der Waals surface area contributed by atoms with Crippen molar-refractivity contribution in [3.05, 3.63) is 106 Å². The summed E-state index contributed by atoms with van der Waals surface area (Å²) >= 11 is 3.86. The molecule has 29 heavy (non-hydrogen) atoms. The van der Waals surface area contributed by atoms with Gasteiger partial charge in [0.1, 0.15) is 0 Å². The minimum Gasteiger partial charge on any atom is -0.0622 e. The molecule has 0 heterocycles. The predicted molar refractivity (Wildman–Crippen MR) is 130 cm³/mol. The monoisotopic (exact) mass is 444 g/mol. The van der Waals surface area contributed by atoms with Crippen molar-refractivity contribution in [2.24, 2.45) is 0 Å². The second kappa shape index (κ2) is 8.32. The lowest BCUT2D eigenvalue weighted by Crippen LogP contribution is -2.14. The van der Waals surface area contributed by atoms with Crippen molar-refractivity contribution in [3.63, 3.8) is 0 Å². The van der Waals surface area contributed by atoms with Crippen LogP contribution in [-0.4, -0.2) is 0 Å². The van der Waals surface area contributed by atoms with Gasteiger partial charge < -0.3 is 0 Å². The van der Waals surface area contributed by atoms with Crippen molar-refractivity contribution < 1.29 is 0 Å². The van der Waals surface area contributed by atoms with E-state index in [1.54, 1.807) is 0 Å². The van der Waals surface area contributed by atoms with Gasteiger partial charge in [0.15, 0.2) is 0 Å². The van der Waals surface area contributed by atoms with Crippen LogP contribution in [0.4, 0.5) is 0 Å². The van der Waals surface area contributed by atoms with E-state index in [0.29, 0.717) is 0 Å². The summed E-state index contributed by atoms with van der Waals surface area (Å²) in [5, 5.41) is 0. The highest BCUT2D eigenvalue weighted by molar-refractivity contribution is 9.15. The van der Waals surface area contributed by atoms with E-state index in [0.717, 1.165) is 30.2 Å². The van der Waals surface area contributed by atoms with E-state index in [1.165, 1.54) is 38.9 Å². The molecule has 4 rings (SSSR count). The van der Waals surface area contributed by atoms with Crippen molar-refractivity contribution in [1.82, 2.24) is 0 Å². The Morgan fingerprint density at radius 2 is 1.34 bits per heavy atom. The van der Waals surface area contributed by atoms with Crippen LogP contribution in [0.3, 0.4) is 0 Å². The first-order chi connectivity index (χ1) is 13.9. The number of halogens is 1. The molecule has 4 bridgehead atoms. The van der Waals surface area contributed by atoms with Crippen LogP contribution in [0.1, 0.15) is 59.7 Å². The van der Waals surface area contributed by atoms with E-state index in [1.807, 2.05) is 0 Å². The fraction of sp³-hybridized carbons (Fsp3) is 0.286. The largest absolute Gasteiger partial charge is 0.0622 e. The summed E-state index contributed by atoms with van der Waals surface area (Å²) in [4.78, 5) is 0. The quantitative estimate of drug-likeness (QED) is 0.354. The van der Waals surface area contributed by atoms with Gasteiger partial charge in [0, 0.05) is 4.48 Å². The normalized spacial score (nSPS) is 14.6. The summed E-state index contributed by atoms with van der Waals surface area (Å²) in [5.74, 6) is 0. The van der Waals surface area contributed by atoms with E-state index >= 15 is 0 Å². The molecular weight excluding hydrogens is 416 g/mol. The third-order valence-corrected chi connectivity index (χ3v) is 6.58. The molecule has 3 aromatic carbocycles. The summed E-state index contributed by atoms with van der Waals surface area (Å²) in [6.45, 7) is 6.96. The lowest BCUT2D eigenvalue weighted by molar-refractivity contribution is 0.588. The average molecular weight is 445 g/mol. The number of benzene rings is 3. The zero-order chi connectivity index (χ0) is 20.4. The molecule has 0 N–H and O–H groups in total. The molecule has 0 amide bonds. The molecule has 0 saturated carbocycles. The van der Waals surface area contributed by atoms with Crippen LogP contribution in [0, 0.1) is 0 Å². The van der Waals surface area contributed by atoms with Gasteiger partial charge in [-0.15, -0.1) is 0 Å². The van der Waals surface area contributed by atoms with Gasteiger partial charge in [-0.1, -0.05) is 103 Å². The van der Waals surface area contributed by atoms with Crippen LogP contribution < -0.4 is 0 Å². The van der Waals surface area contributed by atoms with E-state index in [4.69, 9.17) is 0 Å². The maximum absolute atomic E-state index is 3.86. The van der Waals surface area contributed by atoms with Gasteiger partial charge in [0.25, 0.3) is 0 Å². The van der Waals surface area contributed by atoms with E-state index in [2.05, 4.69) is 110 Å². The summed E-state index contributed by atoms with van der Waals surface area (Å²) < 4.78 is 1.15. The number of fused-ring (bicyclic) bond motifs is 4. The summed E-state index contributed by atoms with van der Waals surface area (Å²) in [6.07, 6.45) is 6.67. The summed E-state index contributed by atoms with van der Waals surface area (Å²) in [7, 11) is 0. The highest BCUT2D eigenvalue weighted by atomic mass is 79.9. The molecule has 1 aliphatic rings. The molecule has 148 valence electrons. The number of rotatable bonds is 2. The molecule has 0 nitrogen and oxygen atoms in total. The molecule has 0 radical (unpaired) electrons. The standard InChI is InChI=1S/C28H29Br/c1-28(2,3)25-17-23-14-12-20-8-7-9-21(16-20)13-15-24(18-25)26(23)19-27(29)22-10-5-4-6-11-22/h4-11,16-19H,12-15H2,1-3H3/b27-19-. The Labute approximate surface area is 183 Å². The Bertz CT molecular complexity index is 991. The van der Waals surface area contributed by atoms with Crippen molar-refractivity contribution >= 4 is 26.5 Å². The van der Waals surface area contributed by atoms with Crippen LogP contribution in [0.2, 0.25) is 0 Å². The number of aryl methyl sites for hydroxylation is 4. The van der Waals surface area contributed by atoms with Gasteiger partial charge in [0.05, 0.1) is 0 Å². The van der Waals surface area contributed by atoms with Crippen molar-refractivity contribution in [3.8, 4) is 0 Å². The molecule has 0 spiro atoms. The second-order valence-electron chi connectivity index (χ2n) is 9.14. The maximum atomic E-state index is 3.86. The zero-order valence-corrected chi connectivity index (χ0v) is 19.2. The number of hydrogen-bond acceptors (Lipinski definition) is 0. The molecular formula is C28H29Br. The highest BCUT2D eigenvalue weighted by Crippen LogP contribution is 2.33. The molecule has 1 heteroatoms. The van der Waals surface area contributed by atoms with Crippen LogP contribution in [0.25, 0.3) is 10.6 Å². The molecule has 3 aromatic rings. The third kappa shape index (κ3) is 4.73. The average Bonchev–Trinajstić information content (AvgIpc) is 2.71. The summed E-state index contributed by atoms with van der Waals surface area (Å²) in [6, 6.07) is 24.6. The lowest BCUT2D eigenvalue weighted by Gasteiger charge is -2.24. The van der Waals surface area contributed by atoms with Crippen LogP contribution in [0.15, 0.2) is 66.7 Å². The topological polar surface area (TPSA) is 0 Å². The molecule has 0 aromatic heterocycles. The molecule has 0 unspecified atom stereocenters. The van der Waals surface area contributed by atoms with Gasteiger partial charge in [-0.25, -0.2) is 0 Å². The fourth-order valence-electron chi connectivity index (χ4n) is 4.12. The van der Waals surface area contributed by atoms with Crippen molar-refractivity contribution in [1.29, 1.82) is 0 Å². The Hall–Kier alpha value is -2.12. The first-order valence-corrected chi connectivity index (χ1v) is 11.4. The number of hydrogen-bond donors (Lipinski definition) is 0. The summed E-state index contributed by atoms with van der Waals surface area (Å²) in [5.41, 5.74) is 10.1. The van der Waals surface area contributed by atoms with E-state index < -0.39 is 0 Å². The van der Waals surface area contributed by atoms with E-state index in [-0.39, 0.29) is 5.41 Å². The Morgan fingerprint density at radius 3 is 1.90 bits per heavy atom. The minimum atomic E-state index is 0.154. The first-order valence-electron chi connectivity index (χ1n) is 10.6. The fourth-order valence-corrected chi connectivity index (χ4v) is 4.61. The van der Waals surface area contributed by atoms with E-state index in [9.17, 15) is 0 Å². The third-order valence-electron chi connectivity index (χ3n) is 5.90. The van der Waals surface area contributed by atoms with Gasteiger partial charge in [-0.3, -0.25) is 0 Å². The van der Waals surface area contributed by atoms with Crippen molar-refractivity contribution in [2.75, 3.05) is 0 Å². The van der Waals surface area contributed by atoms with Crippen LogP contribution >= 0.6 is 15.9 Å². The lowest BCUT2D eigenvalue weighted by atomic mass is 9.81. The SMILES string of the molecule is CC(C)(C)c1cc2c(/C=C(\Br)c3ccccc3)c(c1)CCc1cccc(c1)CC2. The molecule has 0 atom stereocenters. The smallest absolute Gasteiger partial charge is 0.0253 e.